The number of pyridine rings is 1. The summed E-state index contributed by atoms with van der Waals surface area (Å²) in [7, 11) is 0. The summed E-state index contributed by atoms with van der Waals surface area (Å²) in [4.78, 5) is 40.6. The number of anilines is 1. The van der Waals surface area contributed by atoms with Crippen molar-refractivity contribution in [3.63, 3.8) is 0 Å². The second-order valence-electron chi connectivity index (χ2n) is 7.12. The molecule has 10 nitrogen and oxygen atoms in total. The van der Waals surface area contributed by atoms with E-state index in [2.05, 4.69) is 30.6 Å². The molecule has 1 atom stereocenters. The Kier molecular flexibility index (Phi) is 6.71. The van der Waals surface area contributed by atoms with Gasteiger partial charge in [-0.3, -0.25) is 19.4 Å². The third-order valence-corrected chi connectivity index (χ3v) is 5.44. The molecule has 0 aliphatic carbocycles. The third kappa shape index (κ3) is 4.98. The van der Waals surface area contributed by atoms with Crippen LogP contribution in [0.25, 0.3) is 11.0 Å². The highest BCUT2D eigenvalue weighted by atomic mass is 35.5. The molecule has 2 aromatic heterocycles. The summed E-state index contributed by atoms with van der Waals surface area (Å²) < 4.78 is 4.67. The molecule has 0 fully saturated rings. The quantitative estimate of drug-likeness (QED) is 0.343. The van der Waals surface area contributed by atoms with Crippen LogP contribution in [0.3, 0.4) is 0 Å². The molecule has 0 bridgehead atoms. The number of carbonyl (C=O) groups excluding carboxylic acids is 2. The number of fused-ring (bicyclic) bond motifs is 1. The van der Waals surface area contributed by atoms with E-state index in [1.54, 1.807) is 36.4 Å². The lowest BCUT2D eigenvalue weighted by Crippen LogP contribution is -2.30. The van der Waals surface area contributed by atoms with E-state index in [4.69, 9.17) is 23.2 Å². The number of halogens is 2. The highest BCUT2D eigenvalue weighted by molar-refractivity contribution is 6.40. The molecule has 0 radical (unpaired) electrons. The van der Waals surface area contributed by atoms with Crippen molar-refractivity contribution in [3.8, 4) is 0 Å². The number of nitrogens with one attached hydrogen (secondary N) is 2. The molecular weight excluding hydrogens is 485 g/mol. The summed E-state index contributed by atoms with van der Waals surface area (Å²) in [5.74, 6) is -2.17. The van der Waals surface area contributed by atoms with Crippen LogP contribution in [0.1, 0.15) is 38.7 Å². The number of carbonyl (C=O) groups is 3. The Balaban J connectivity index is 1.53. The highest BCUT2D eigenvalue weighted by Gasteiger charge is 2.22. The zero-order valence-corrected chi connectivity index (χ0v) is 18.7. The zero-order chi connectivity index (χ0) is 24.2. The first-order chi connectivity index (χ1) is 16.3. The molecule has 2 heterocycles. The molecule has 4 rings (SSSR count). The molecule has 0 saturated carbocycles. The Labute approximate surface area is 201 Å². The maximum absolute atomic E-state index is 12.9. The van der Waals surface area contributed by atoms with Gasteiger partial charge in [0.1, 0.15) is 11.0 Å². The first-order valence-corrected chi connectivity index (χ1v) is 10.5. The molecule has 2 aromatic carbocycles. The molecule has 3 N–H and O–H groups in total. The van der Waals surface area contributed by atoms with Crippen molar-refractivity contribution in [1.82, 2.24) is 20.6 Å². The van der Waals surface area contributed by atoms with Gasteiger partial charge in [-0.1, -0.05) is 41.4 Å². The topological polar surface area (TPSA) is 147 Å². The Morgan fingerprint density at radius 3 is 2.35 bits per heavy atom. The van der Waals surface area contributed by atoms with Gasteiger partial charge in [-0.25, -0.2) is 4.63 Å². The molecule has 0 spiro atoms. The van der Waals surface area contributed by atoms with E-state index in [9.17, 15) is 19.5 Å². The Morgan fingerprint density at radius 1 is 0.971 bits per heavy atom. The molecule has 0 aliphatic rings. The second-order valence-corrected chi connectivity index (χ2v) is 7.93. The number of carboxylic acid groups (broad SMARTS) is 1. The number of aliphatic carboxylic acids is 1. The fraction of sp³-hybridized carbons (Fsp3) is 0.0909. The van der Waals surface area contributed by atoms with E-state index in [0.717, 1.165) is 0 Å². The number of amides is 2. The van der Waals surface area contributed by atoms with Crippen LogP contribution in [0.5, 0.6) is 0 Å². The Morgan fingerprint density at radius 2 is 1.68 bits per heavy atom. The van der Waals surface area contributed by atoms with Gasteiger partial charge in [-0.15, -0.1) is 0 Å². The van der Waals surface area contributed by atoms with Gasteiger partial charge in [0.15, 0.2) is 0 Å². The van der Waals surface area contributed by atoms with Crippen molar-refractivity contribution in [1.29, 1.82) is 0 Å². The van der Waals surface area contributed by atoms with E-state index < -0.39 is 23.8 Å². The number of hydrogen-bond donors (Lipinski definition) is 3. The minimum absolute atomic E-state index is 0.0787. The summed E-state index contributed by atoms with van der Waals surface area (Å²) in [6.07, 6.45) is 2.24. The predicted octanol–water partition coefficient (Wildman–Crippen LogP) is 4.12. The Bertz CT molecular complexity index is 1370. The summed E-state index contributed by atoms with van der Waals surface area (Å²) in [6.45, 7) is 0. The monoisotopic (exact) mass is 499 g/mol. The van der Waals surface area contributed by atoms with Gasteiger partial charge in [-0.05, 0) is 40.1 Å². The average molecular weight is 500 g/mol. The summed E-state index contributed by atoms with van der Waals surface area (Å²) in [6, 6.07) is 10.3. The molecule has 4 aromatic rings. The number of benzene rings is 2. The van der Waals surface area contributed by atoms with Crippen LogP contribution in [0.15, 0.2) is 59.5 Å². The van der Waals surface area contributed by atoms with Gasteiger partial charge in [-0.2, -0.15) is 0 Å². The van der Waals surface area contributed by atoms with Gasteiger partial charge < -0.3 is 15.7 Å². The molecule has 34 heavy (non-hydrogen) atoms. The van der Waals surface area contributed by atoms with E-state index in [1.807, 2.05) is 0 Å². The van der Waals surface area contributed by atoms with Crippen LogP contribution in [-0.4, -0.2) is 38.2 Å². The zero-order valence-electron chi connectivity index (χ0n) is 17.2. The molecule has 2 amide bonds. The minimum Gasteiger partial charge on any atom is -0.481 e. The van der Waals surface area contributed by atoms with Crippen molar-refractivity contribution in [2.45, 2.75) is 12.5 Å². The smallest absolute Gasteiger partial charge is 0.305 e. The van der Waals surface area contributed by atoms with Gasteiger partial charge >= 0.3 is 5.97 Å². The number of hydrogen-bond acceptors (Lipinski definition) is 7. The molecule has 0 aliphatic heterocycles. The molecule has 12 heteroatoms. The van der Waals surface area contributed by atoms with Crippen LogP contribution in [0, 0.1) is 0 Å². The van der Waals surface area contributed by atoms with Crippen molar-refractivity contribution in [2.24, 2.45) is 0 Å². The third-order valence-electron chi connectivity index (χ3n) is 4.87. The van der Waals surface area contributed by atoms with Crippen molar-refractivity contribution >= 4 is 57.7 Å². The van der Waals surface area contributed by atoms with Crippen molar-refractivity contribution < 1.29 is 24.1 Å². The molecule has 0 saturated heterocycles. The number of nitrogens with zero attached hydrogens (tertiary/aromatic N) is 3. The standard InChI is InChI=1S/C22H15Cl2N5O5/c23-14-9-25-10-15(24)19(14)22(33)26-12-6-4-11(5-7-12)17(8-18(30)31)27-21(32)13-2-1-3-16-20(13)29-34-28-16/h1-7,9-10,17H,8H2,(H,26,33)(H,27,32)(H,30,31). The van der Waals surface area contributed by atoms with Gasteiger partial charge in [0.05, 0.1) is 33.6 Å². The normalized spacial score (nSPS) is 11.7. The van der Waals surface area contributed by atoms with E-state index >= 15 is 0 Å². The average Bonchev–Trinajstić information content (AvgIpc) is 3.28. The first kappa shape index (κ1) is 23.1. The second kappa shape index (κ2) is 9.86. The summed E-state index contributed by atoms with van der Waals surface area (Å²) >= 11 is 12.0. The predicted molar refractivity (Wildman–Crippen MR) is 123 cm³/mol. The summed E-state index contributed by atoms with van der Waals surface area (Å²) in [5.41, 5.74) is 1.87. The molecule has 172 valence electrons. The van der Waals surface area contributed by atoms with E-state index in [0.29, 0.717) is 16.8 Å². The lowest BCUT2D eigenvalue weighted by molar-refractivity contribution is -0.137. The van der Waals surface area contributed by atoms with E-state index in [-0.39, 0.29) is 33.1 Å². The van der Waals surface area contributed by atoms with Crippen LogP contribution >= 0.6 is 23.2 Å². The van der Waals surface area contributed by atoms with Crippen LogP contribution in [0.2, 0.25) is 10.0 Å². The van der Waals surface area contributed by atoms with Crippen molar-refractivity contribution in [3.05, 3.63) is 81.6 Å². The number of carboxylic acids is 1. The lowest BCUT2D eigenvalue weighted by atomic mass is 10.0. The lowest BCUT2D eigenvalue weighted by Gasteiger charge is -2.18. The van der Waals surface area contributed by atoms with Crippen molar-refractivity contribution in [2.75, 3.05) is 5.32 Å². The largest absolute Gasteiger partial charge is 0.481 e. The highest BCUT2D eigenvalue weighted by Crippen LogP contribution is 2.25. The molecule has 1 unspecified atom stereocenters. The summed E-state index contributed by atoms with van der Waals surface area (Å²) in [5, 5.41) is 22.3. The van der Waals surface area contributed by atoms with Crippen LogP contribution in [-0.2, 0) is 4.79 Å². The minimum atomic E-state index is -1.11. The maximum atomic E-state index is 12.9. The van der Waals surface area contributed by atoms with Gasteiger partial charge in [0.25, 0.3) is 11.8 Å². The van der Waals surface area contributed by atoms with Gasteiger partial charge in [0.2, 0.25) is 0 Å². The van der Waals surface area contributed by atoms with Crippen LogP contribution in [0.4, 0.5) is 5.69 Å². The number of aromatic nitrogens is 3. The molecular formula is C22H15Cl2N5O5. The van der Waals surface area contributed by atoms with E-state index in [1.165, 1.54) is 18.5 Å². The first-order valence-electron chi connectivity index (χ1n) is 9.77. The van der Waals surface area contributed by atoms with Crippen LogP contribution < -0.4 is 10.6 Å². The number of rotatable bonds is 7. The SMILES string of the molecule is O=C(O)CC(NC(=O)c1cccc2nonc12)c1ccc(NC(=O)c2c(Cl)cncc2Cl)cc1. The Hall–Kier alpha value is -4.02. The fourth-order valence-corrected chi connectivity index (χ4v) is 3.81. The maximum Gasteiger partial charge on any atom is 0.305 e. The fourth-order valence-electron chi connectivity index (χ4n) is 3.27. The van der Waals surface area contributed by atoms with Gasteiger partial charge in [0, 0.05) is 18.1 Å².